The first-order chi connectivity index (χ1) is 8.45. The lowest BCUT2D eigenvalue weighted by atomic mass is 10.0. The maximum absolute atomic E-state index is 11.4. The topological polar surface area (TPSA) is 46.2 Å². The molecule has 0 bridgehead atoms. The Morgan fingerprint density at radius 3 is 1.94 bits per heavy atom. The largest absolute Gasteiger partial charge is 0.356 e. The van der Waals surface area contributed by atoms with Crippen molar-refractivity contribution in [2.75, 3.05) is 6.54 Å². The van der Waals surface area contributed by atoms with Gasteiger partial charge < -0.3 is 5.32 Å². The van der Waals surface area contributed by atoms with E-state index >= 15 is 0 Å². The van der Waals surface area contributed by atoms with Crippen molar-refractivity contribution in [1.82, 2.24) is 5.32 Å². The molecular weight excluding hydrogens is 226 g/mol. The fraction of sp³-hybridized carbons (Fsp3) is 0.867. The second-order valence-electron chi connectivity index (χ2n) is 5.58. The zero-order chi connectivity index (χ0) is 14.0. The number of amides is 1. The Bertz CT molecular complexity index is 221. The SMILES string of the molecule is CC(C)C(=O)CCCCCCCNC(=O)C(C)C. The van der Waals surface area contributed by atoms with Crippen molar-refractivity contribution in [3.05, 3.63) is 0 Å². The number of hydrogen-bond donors (Lipinski definition) is 1. The first-order valence-corrected chi connectivity index (χ1v) is 7.25. The van der Waals surface area contributed by atoms with Crippen molar-refractivity contribution in [2.24, 2.45) is 11.8 Å². The summed E-state index contributed by atoms with van der Waals surface area (Å²) in [5, 5.41) is 2.91. The Balaban J connectivity index is 3.27. The predicted molar refractivity (Wildman–Crippen MR) is 75.4 cm³/mol. The van der Waals surface area contributed by atoms with Gasteiger partial charge in [0.05, 0.1) is 0 Å². The van der Waals surface area contributed by atoms with Crippen molar-refractivity contribution in [3.63, 3.8) is 0 Å². The highest BCUT2D eigenvalue weighted by Gasteiger charge is 2.06. The van der Waals surface area contributed by atoms with Crippen LogP contribution in [0.1, 0.15) is 66.2 Å². The molecule has 0 aromatic heterocycles. The first kappa shape index (κ1) is 17.1. The molecule has 18 heavy (non-hydrogen) atoms. The molecule has 0 aliphatic rings. The summed E-state index contributed by atoms with van der Waals surface area (Å²) >= 11 is 0. The number of carbonyl (C=O) groups excluding carboxylic acids is 2. The predicted octanol–water partition coefficient (Wildman–Crippen LogP) is 3.32. The second kappa shape index (κ2) is 10.1. The molecule has 3 nitrogen and oxygen atoms in total. The summed E-state index contributed by atoms with van der Waals surface area (Å²) in [7, 11) is 0. The van der Waals surface area contributed by atoms with Gasteiger partial charge in [-0.25, -0.2) is 0 Å². The van der Waals surface area contributed by atoms with E-state index in [9.17, 15) is 9.59 Å². The molecule has 0 aromatic carbocycles. The Kier molecular flexibility index (Phi) is 9.62. The minimum Gasteiger partial charge on any atom is -0.356 e. The third-order valence-electron chi connectivity index (χ3n) is 3.07. The summed E-state index contributed by atoms with van der Waals surface area (Å²) < 4.78 is 0. The molecule has 106 valence electrons. The minimum absolute atomic E-state index is 0.0760. The van der Waals surface area contributed by atoms with Gasteiger partial charge in [0.1, 0.15) is 5.78 Å². The van der Waals surface area contributed by atoms with Crippen LogP contribution in [0, 0.1) is 11.8 Å². The first-order valence-electron chi connectivity index (χ1n) is 7.25. The molecule has 0 heterocycles. The quantitative estimate of drug-likeness (QED) is 0.609. The van der Waals surface area contributed by atoms with Crippen LogP contribution in [0.5, 0.6) is 0 Å². The summed E-state index contributed by atoms with van der Waals surface area (Å²) in [4.78, 5) is 22.6. The van der Waals surface area contributed by atoms with Gasteiger partial charge in [-0.2, -0.15) is 0 Å². The third-order valence-corrected chi connectivity index (χ3v) is 3.07. The van der Waals surface area contributed by atoms with Crippen LogP contribution >= 0.6 is 0 Å². The van der Waals surface area contributed by atoms with Gasteiger partial charge in [-0.05, 0) is 12.8 Å². The van der Waals surface area contributed by atoms with Crippen LogP contribution in [-0.2, 0) is 9.59 Å². The molecule has 0 fully saturated rings. The van der Waals surface area contributed by atoms with E-state index in [1.807, 2.05) is 27.7 Å². The molecule has 0 saturated heterocycles. The van der Waals surface area contributed by atoms with Crippen LogP contribution in [-0.4, -0.2) is 18.2 Å². The van der Waals surface area contributed by atoms with E-state index in [2.05, 4.69) is 5.32 Å². The molecule has 0 rings (SSSR count). The zero-order valence-electron chi connectivity index (χ0n) is 12.4. The van der Waals surface area contributed by atoms with Gasteiger partial charge in [0, 0.05) is 24.8 Å². The minimum atomic E-state index is 0.0760. The summed E-state index contributed by atoms with van der Waals surface area (Å²) in [6, 6.07) is 0. The van der Waals surface area contributed by atoms with Gasteiger partial charge in [0.25, 0.3) is 0 Å². The Labute approximate surface area is 112 Å². The number of ketones is 1. The van der Waals surface area contributed by atoms with Gasteiger partial charge in [0.2, 0.25) is 5.91 Å². The van der Waals surface area contributed by atoms with Gasteiger partial charge in [0.15, 0.2) is 0 Å². The highest BCUT2D eigenvalue weighted by molar-refractivity contribution is 5.80. The van der Waals surface area contributed by atoms with Crippen molar-refractivity contribution in [2.45, 2.75) is 66.2 Å². The Hall–Kier alpha value is -0.860. The fourth-order valence-electron chi connectivity index (χ4n) is 1.66. The van der Waals surface area contributed by atoms with Crippen LogP contribution in [0.25, 0.3) is 0 Å². The molecule has 0 radical (unpaired) electrons. The van der Waals surface area contributed by atoms with Crippen LogP contribution in [0.2, 0.25) is 0 Å². The standard InChI is InChI=1S/C15H29NO2/c1-12(2)14(17)10-8-6-5-7-9-11-16-15(18)13(3)4/h12-13H,5-11H2,1-4H3,(H,16,18). The second-order valence-corrected chi connectivity index (χ2v) is 5.58. The highest BCUT2D eigenvalue weighted by atomic mass is 16.1. The molecule has 0 spiro atoms. The lowest BCUT2D eigenvalue weighted by molar-refractivity contribution is -0.124. The molecule has 0 saturated carbocycles. The molecule has 0 atom stereocenters. The van der Waals surface area contributed by atoms with E-state index < -0.39 is 0 Å². The lowest BCUT2D eigenvalue weighted by Crippen LogP contribution is -2.28. The van der Waals surface area contributed by atoms with Crippen LogP contribution in [0.4, 0.5) is 0 Å². The zero-order valence-corrected chi connectivity index (χ0v) is 12.4. The normalized spacial score (nSPS) is 11.0. The monoisotopic (exact) mass is 255 g/mol. The number of unbranched alkanes of at least 4 members (excludes halogenated alkanes) is 4. The maximum atomic E-state index is 11.4. The van der Waals surface area contributed by atoms with Gasteiger partial charge in [-0.1, -0.05) is 47.0 Å². The van der Waals surface area contributed by atoms with Gasteiger partial charge in [-0.3, -0.25) is 9.59 Å². The third kappa shape index (κ3) is 9.20. The summed E-state index contributed by atoms with van der Waals surface area (Å²) in [6.45, 7) is 8.50. The Morgan fingerprint density at radius 2 is 1.39 bits per heavy atom. The van der Waals surface area contributed by atoms with Crippen molar-refractivity contribution >= 4 is 11.7 Å². The molecule has 1 amide bonds. The Morgan fingerprint density at radius 1 is 0.833 bits per heavy atom. The molecule has 0 unspecified atom stereocenters. The van der Waals surface area contributed by atoms with E-state index in [1.54, 1.807) is 0 Å². The highest BCUT2D eigenvalue weighted by Crippen LogP contribution is 2.08. The van der Waals surface area contributed by atoms with E-state index in [0.29, 0.717) is 5.78 Å². The molecule has 1 N–H and O–H groups in total. The number of Topliss-reactive ketones (excluding diaryl/α,β-unsaturated/α-hetero) is 1. The maximum Gasteiger partial charge on any atom is 0.222 e. The smallest absolute Gasteiger partial charge is 0.222 e. The molecule has 3 heteroatoms. The van der Waals surface area contributed by atoms with Crippen LogP contribution in [0.3, 0.4) is 0 Å². The average Bonchev–Trinajstić information content (AvgIpc) is 2.31. The van der Waals surface area contributed by atoms with Crippen LogP contribution in [0.15, 0.2) is 0 Å². The fourth-order valence-corrected chi connectivity index (χ4v) is 1.66. The van der Waals surface area contributed by atoms with Crippen LogP contribution < -0.4 is 5.32 Å². The molecule has 0 aliphatic heterocycles. The number of rotatable bonds is 10. The van der Waals surface area contributed by atoms with Crippen molar-refractivity contribution < 1.29 is 9.59 Å². The molecule has 0 aliphatic carbocycles. The lowest BCUT2D eigenvalue weighted by Gasteiger charge is -2.07. The average molecular weight is 255 g/mol. The van der Waals surface area contributed by atoms with Gasteiger partial charge >= 0.3 is 0 Å². The summed E-state index contributed by atoms with van der Waals surface area (Å²) in [6.07, 6.45) is 6.18. The number of nitrogens with one attached hydrogen (secondary N) is 1. The summed E-state index contributed by atoms with van der Waals surface area (Å²) in [5.41, 5.74) is 0. The molecule has 0 aromatic rings. The van der Waals surface area contributed by atoms with E-state index in [4.69, 9.17) is 0 Å². The number of hydrogen-bond acceptors (Lipinski definition) is 2. The van der Waals surface area contributed by atoms with E-state index in [1.165, 1.54) is 0 Å². The molecular formula is C15H29NO2. The van der Waals surface area contributed by atoms with Crippen molar-refractivity contribution in [3.8, 4) is 0 Å². The van der Waals surface area contributed by atoms with Gasteiger partial charge in [-0.15, -0.1) is 0 Å². The van der Waals surface area contributed by atoms with E-state index in [-0.39, 0.29) is 17.7 Å². The van der Waals surface area contributed by atoms with E-state index in [0.717, 1.165) is 45.1 Å². The van der Waals surface area contributed by atoms with Crippen molar-refractivity contribution in [1.29, 1.82) is 0 Å². The number of carbonyl (C=O) groups is 2. The summed E-state index contributed by atoms with van der Waals surface area (Å²) in [5.74, 6) is 0.764.